The predicted molar refractivity (Wildman–Crippen MR) is 83.5 cm³/mol. The summed E-state index contributed by atoms with van der Waals surface area (Å²) in [4.78, 5) is 11.2. The Bertz CT molecular complexity index is 646. The van der Waals surface area contributed by atoms with Crippen molar-refractivity contribution in [2.75, 3.05) is 6.54 Å². The van der Waals surface area contributed by atoms with Gasteiger partial charge in [-0.1, -0.05) is 18.2 Å². The zero-order valence-electron chi connectivity index (χ0n) is 12.5. The fraction of sp³-hybridized carbons (Fsp3) is 0.353. The first-order valence-corrected chi connectivity index (χ1v) is 7.38. The van der Waals surface area contributed by atoms with Crippen LogP contribution in [-0.4, -0.2) is 23.1 Å². The first kappa shape index (κ1) is 13.9. The summed E-state index contributed by atoms with van der Waals surface area (Å²) in [6.45, 7) is 5.81. The molecule has 2 aromatic rings. The maximum Gasteiger partial charge on any atom is 0.221 e. The van der Waals surface area contributed by atoms with Gasteiger partial charge in [-0.3, -0.25) is 4.79 Å². The number of carbonyl (C=O) groups excluding carboxylic acids is 1. The highest BCUT2D eigenvalue weighted by Crippen LogP contribution is 2.20. The van der Waals surface area contributed by atoms with Crippen LogP contribution in [0.15, 0.2) is 36.4 Å². The third kappa shape index (κ3) is 2.85. The van der Waals surface area contributed by atoms with E-state index in [0.717, 1.165) is 13.1 Å². The van der Waals surface area contributed by atoms with Gasteiger partial charge in [-0.25, -0.2) is 0 Å². The van der Waals surface area contributed by atoms with Crippen LogP contribution >= 0.6 is 0 Å². The highest BCUT2D eigenvalue weighted by Gasteiger charge is 2.21. The molecule has 1 aliphatic heterocycles. The molecule has 1 saturated heterocycles. The Hall–Kier alpha value is -2.07. The summed E-state index contributed by atoms with van der Waals surface area (Å²) in [5, 5.41) is 6.32. The fourth-order valence-electron chi connectivity index (χ4n) is 2.99. The molecular weight excluding hydrogens is 262 g/mol. The summed E-state index contributed by atoms with van der Waals surface area (Å²) in [5.41, 5.74) is 4.96. The summed E-state index contributed by atoms with van der Waals surface area (Å²) in [7, 11) is 0. The third-order valence-corrected chi connectivity index (χ3v) is 4.11. The van der Waals surface area contributed by atoms with Gasteiger partial charge >= 0.3 is 0 Å². The van der Waals surface area contributed by atoms with Gasteiger partial charge in [0.1, 0.15) is 0 Å². The number of carbonyl (C=O) groups is 1. The lowest BCUT2D eigenvalue weighted by molar-refractivity contribution is -0.119. The first-order valence-electron chi connectivity index (χ1n) is 7.38. The SMILES string of the molecule is Cc1cc(CNC2CNC(=O)C2)c(C)n1-c1ccccc1. The van der Waals surface area contributed by atoms with E-state index in [1.165, 1.54) is 22.6 Å². The Morgan fingerprint density at radius 3 is 2.71 bits per heavy atom. The number of para-hydroxylation sites is 1. The normalized spacial score (nSPS) is 18.0. The van der Waals surface area contributed by atoms with Crippen molar-refractivity contribution < 1.29 is 4.79 Å². The number of hydrogen-bond donors (Lipinski definition) is 2. The van der Waals surface area contributed by atoms with Crippen LogP contribution in [-0.2, 0) is 11.3 Å². The van der Waals surface area contributed by atoms with E-state index in [-0.39, 0.29) is 11.9 Å². The average molecular weight is 283 g/mol. The molecule has 1 fully saturated rings. The van der Waals surface area contributed by atoms with E-state index in [2.05, 4.69) is 59.4 Å². The third-order valence-electron chi connectivity index (χ3n) is 4.11. The second-order valence-electron chi connectivity index (χ2n) is 5.65. The van der Waals surface area contributed by atoms with Crippen LogP contribution in [0.25, 0.3) is 5.69 Å². The smallest absolute Gasteiger partial charge is 0.221 e. The Morgan fingerprint density at radius 1 is 1.29 bits per heavy atom. The number of hydrogen-bond acceptors (Lipinski definition) is 2. The second kappa shape index (κ2) is 5.74. The zero-order valence-corrected chi connectivity index (χ0v) is 12.5. The molecule has 2 N–H and O–H groups in total. The largest absolute Gasteiger partial charge is 0.354 e. The number of amides is 1. The van der Waals surface area contributed by atoms with Crippen molar-refractivity contribution in [2.24, 2.45) is 0 Å². The van der Waals surface area contributed by atoms with E-state index in [1.54, 1.807) is 0 Å². The molecule has 110 valence electrons. The molecule has 2 heterocycles. The highest BCUT2D eigenvalue weighted by molar-refractivity contribution is 5.78. The van der Waals surface area contributed by atoms with Crippen molar-refractivity contribution in [3.05, 3.63) is 53.3 Å². The van der Waals surface area contributed by atoms with Crippen LogP contribution in [0.2, 0.25) is 0 Å². The molecule has 0 spiro atoms. The topological polar surface area (TPSA) is 46.1 Å². The number of rotatable bonds is 4. The number of aryl methyl sites for hydroxylation is 1. The highest BCUT2D eigenvalue weighted by atomic mass is 16.1. The predicted octanol–water partition coefficient (Wildman–Crippen LogP) is 2.07. The van der Waals surface area contributed by atoms with Crippen LogP contribution in [0, 0.1) is 13.8 Å². The standard InChI is InChI=1S/C17H21N3O/c1-12-8-14(10-18-15-9-17(21)19-11-15)13(2)20(12)16-6-4-3-5-7-16/h3-8,15,18H,9-11H2,1-2H3,(H,19,21). The van der Waals surface area contributed by atoms with Gasteiger partial charge in [0.2, 0.25) is 5.91 Å². The molecule has 1 aromatic carbocycles. The van der Waals surface area contributed by atoms with Gasteiger partial charge in [-0.05, 0) is 37.6 Å². The van der Waals surface area contributed by atoms with Crippen molar-refractivity contribution in [2.45, 2.75) is 32.9 Å². The molecule has 4 heteroatoms. The Balaban J connectivity index is 1.77. The van der Waals surface area contributed by atoms with E-state index in [4.69, 9.17) is 0 Å². The van der Waals surface area contributed by atoms with Crippen LogP contribution in [0.3, 0.4) is 0 Å². The van der Waals surface area contributed by atoms with Gasteiger partial charge in [-0.15, -0.1) is 0 Å². The van der Waals surface area contributed by atoms with Gasteiger partial charge in [-0.2, -0.15) is 0 Å². The Morgan fingerprint density at radius 2 is 2.05 bits per heavy atom. The quantitative estimate of drug-likeness (QED) is 0.902. The Labute approximate surface area is 125 Å². The summed E-state index contributed by atoms with van der Waals surface area (Å²) in [5.74, 6) is 0.141. The lowest BCUT2D eigenvalue weighted by Gasteiger charge is -2.12. The summed E-state index contributed by atoms with van der Waals surface area (Å²) < 4.78 is 2.27. The number of benzene rings is 1. The van der Waals surface area contributed by atoms with E-state index in [0.29, 0.717) is 6.42 Å². The molecule has 0 saturated carbocycles. The lowest BCUT2D eigenvalue weighted by atomic mass is 10.2. The molecule has 0 aliphatic carbocycles. The van der Waals surface area contributed by atoms with E-state index < -0.39 is 0 Å². The maximum absolute atomic E-state index is 11.2. The molecule has 1 aliphatic rings. The molecule has 1 atom stereocenters. The van der Waals surface area contributed by atoms with Gasteiger partial charge in [0, 0.05) is 42.6 Å². The monoisotopic (exact) mass is 283 g/mol. The summed E-state index contributed by atoms with van der Waals surface area (Å²) in [6.07, 6.45) is 0.581. The molecule has 0 radical (unpaired) electrons. The molecule has 1 amide bonds. The maximum atomic E-state index is 11.2. The number of nitrogens with one attached hydrogen (secondary N) is 2. The van der Waals surface area contributed by atoms with Gasteiger partial charge in [0.05, 0.1) is 0 Å². The molecular formula is C17H21N3O. The van der Waals surface area contributed by atoms with Gasteiger partial charge in [0.25, 0.3) is 0 Å². The van der Waals surface area contributed by atoms with Gasteiger partial charge < -0.3 is 15.2 Å². The summed E-state index contributed by atoms with van der Waals surface area (Å²) >= 11 is 0. The minimum atomic E-state index is 0.141. The van der Waals surface area contributed by atoms with E-state index >= 15 is 0 Å². The molecule has 21 heavy (non-hydrogen) atoms. The van der Waals surface area contributed by atoms with Crippen LogP contribution in [0.4, 0.5) is 0 Å². The van der Waals surface area contributed by atoms with Crippen LogP contribution < -0.4 is 10.6 Å². The summed E-state index contributed by atoms with van der Waals surface area (Å²) in [6, 6.07) is 12.9. The molecule has 4 nitrogen and oxygen atoms in total. The second-order valence-corrected chi connectivity index (χ2v) is 5.65. The van der Waals surface area contributed by atoms with Crippen molar-refractivity contribution in [1.29, 1.82) is 0 Å². The zero-order chi connectivity index (χ0) is 14.8. The fourth-order valence-corrected chi connectivity index (χ4v) is 2.99. The minimum absolute atomic E-state index is 0.141. The molecule has 1 unspecified atom stereocenters. The number of nitrogens with zero attached hydrogens (tertiary/aromatic N) is 1. The van der Waals surface area contributed by atoms with Gasteiger partial charge in [0.15, 0.2) is 0 Å². The Kier molecular flexibility index (Phi) is 3.80. The molecule has 1 aromatic heterocycles. The molecule has 0 bridgehead atoms. The lowest BCUT2D eigenvalue weighted by Crippen LogP contribution is -2.30. The van der Waals surface area contributed by atoms with Crippen molar-refractivity contribution in [3.8, 4) is 5.69 Å². The van der Waals surface area contributed by atoms with E-state index in [1.807, 2.05) is 6.07 Å². The first-order chi connectivity index (χ1) is 10.1. The van der Waals surface area contributed by atoms with Crippen LogP contribution in [0.5, 0.6) is 0 Å². The van der Waals surface area contributed by atoms with E-state index in [9.17, 15) is 4.79 Å². The minimum Gasteiger partial charge on any atom is -0.354 e. The van der Waals surface area contributed by atoms with Crippen molar-refractivity contribution in [1.82, 2.24) is 15.2 Å². The molecule has 3 rings (SSSR count). The number of aromatic nitrogens is 1. The van der Waals surface area contributed by atoms with Crippen molar-refractivity contribution in [3.63, 3.8) is 0 Å². The van der Waals surface area contributed by atoms with Crippen molar-refractivity contribution >= 4 is 5.91 Å². The average Bonchev–Trinajstić information content (AvgIpc) is 3.01. The van der Waals surface area contributed by atoms with Crippen LogP contribution in [0.1, 0.15) is 23.4 Å².